The first-order valence-electron chi connectivity index (χ1n) is 8.75. The van der Waals surface area contributed by atoms with Gasteiger partial charge in [-0.2, -0.15) is 0 Å². The summed E-state index contributed by atoms with van der Waals surface area (Å²) in [6, 6.07) is 9.50. The number of rotatable bonds is 7. The van der Waals surface area contributed by atoms with E-state index < -0.39 is 11.9 Å². The van der Waals surface area contributed by atoms with Gasteiger partial charge in [0, 0.05) is 0 Å². The topological polar surface area (TPSA) is 165 Å². The highest BCUT2D eigenvalue weighted by molar-refractivity contribution is 7.17. The maximum Gasteiger partial charge on any atom is 0.347 e. The zero-order chi connectivity index (χ0) is 23.0. The van der Waals surface area contributed by atoms with Crippen LogP contribution in [-0.4, -0.2) is 44.6 Å². The van der Waals surface area contributed by atoms with Crippen molar-refractivity contribution in [2.24, 2.45) is 0 Å². The third-order valence-electron chi connectivity index (χ3n) is 3.59. The molecule has 3 aromatic rings. The lowest BCUT2D eigenvalue weighted by atomic mass is 10.2. The van der Waals surface area contributed by atoms with Crippen molar-refractivity contribution in [1.29, 1.82) is 0 Å². The number of aromatic nitrogens is 2. The molecule has 0 radical (unpaired) electrons. The zero-order valence-electron chi connectivity index (χ0n) is 16.6. The van der Waals surface area contributed by atoms with Gasteiger partial charge in [0.05, 0.1) is 18.0 Å². The van der Waals surface area contributed by atoms with Gasteiger partial charge in [-0.15, -0.1) is 0 Å². The SMILES string of the molecule is Cc1nc(N)sc1C(=O)O.Cc1nc(NC(=O)COCc2ccccc2)sc1C(=O)O. The molecule has 0 spiro atoms. The predicted molar refractivity (Wildman–Crippen MR) is 117 cm³/mol. The van der Waals surface area contributed by atoms with Crippen molar-refractivity contribution < 1.29 is 29.3 Å². The number of nitrogens with one attached hydrogen (secondary N) is 1. The number of hydrogen-bond acceptors (Lipinski definition) is 9. The Kier molecular flexibility index (Phi) is 8.61. The minimum absolute atomic E-state index is 0.115. The molecule has 1 aromatic carbocycles. The Morgan fingerprint density at radius 2 is 1.58 bits per heavy atom. The number of hydrogen-bond donors (Lipinski definition) is 4. The maximum atomic E-state index is 11.7. The zero-order valence-corrected chi connectivity index (χ0v) is 18.2. The first-order valence-corrected chi connectivity index (χ1v) is 10.4. The number of aromatic carboxylic acids is 2. The summed E-state index contributed by atoms with van der Waals surface area (Å²) < 4.78 is 5.29. The van der Waals surface area contributed by atoms with Crippen molar-refractivity contribution in [3.05, 3.63) is 57.0 Å². The van der Waals surface area contributed by atoms with Crippen LogP contribution in [0.15, 0.2) is 30.3 Å². The van der Waals surface area contributed by atoms with Crippen LogP contribution in [0.3, 0.4) is 0 Å². The van der Waals surface area contributed by atoms with E-state index >= 15 is 0 Å². The molecule has 5 N–H and O–H groups in total. The van der Waals surface area contributed by atoms with E-state index in [2.05, 4.69) is 15.3 Å². The Morgan fingerprint density at radius 1 is 1.00 bits per heavy atom. The molecule has 0 aliphatic rings. The number of ether oxygens (including phenoxy) is 1. The highest BCUT2D eigenvalue weighted by Gasteiger charge is 2.15. The minimum Gasteiger partial charge on any atom is -0.477 e. The van der Waals surface area contributed by atoms with E-state index in [1.807, 2.05) is 30.3 Å². The molecule has 0 aliphatic carbocycles. The van der Waals surface area contributed by atoms with Crippen LogP contribution in [0.5, 0.6) is 0 Å². The van der Waals surface area contributed by atoms with Crippen LogP contribution in [0, 0.1) is 13.8 Å². The van der Waals surface area contributed by atoms with Gasteiger partial charge in [0.15, 0.2) is 10.3 Å². The second-order valence-corrected chi connectivity index (χ2v) is 8.07. The fraction of sp³-hybridized carbons (Fsp3) is 0.211. The molecule has 12 heteroatoms. The summed E-state index contributed by atoms with van der Waals surface area (Å²) in [6.45, 7) is 3.43. The fourth-order valence-corrected chi connectivity index (χ4v) is 3.75. The van der Waals surface area contributed by atoms with Gasteiger partial charge >= 0.3 is 11.9 Å². The van der Waals surface area contributed by atoms with Gasteiger partial charge in [-0.05, 0) is 19.4 Å². The molecule has 2 heterocycles. The van der Waals surface area contributed by atoms with Gasteiger partial charge < -0.3 is 20.7 Å². The maximum absolute atomic E-state index is 11.7. The van der Waals surface area contributed by atoms with Crippen molar-refractivity contribution in [1.82, 2.24) is 9.97 Å². The van der Waals surface area contributed by atoms with Crippen LogP contribution in [0.25, 0.3) is 0 Å². The third kappa shape index (κ3) is 7.44. The number of benzene rings is 1. The molecule has 0 saturated carbocycles. The van der Waals surface area contributed by atoms with E-state index in [1.54, 1.807) is 13.8 Å². The Balaban J connectivity index is 0.000000285. The lowest BCUT2D eigenvalue weighted by Gasteiger charge is -2.04. The molecule has 164 valence electrons. The van der Waals surface area contributed by atoms with Gasteiger partial charge in [-0.1, -0.05) is 53.0 Å². The van der Waals surface area contributed by atoms with Crippen LogP contribution in [0.2, 0.25) is 0 Å². The van der Waals surface area contributed by atoms with E-state index in [4.69, 9.17) is 20.7 Å². The highest BCUT2D eigenvalue weighted by atomic mass is 32.1. The number of nitrogens with zero attached hydrogens (tertiary/aromatic N) is 2. The number of nitrogens with two attached hydrogens (primary N) is 1. The van der Waals surface area contributed by atoms with Crippen molar-refractivity contribution >= 4 is 50.8 Å². The third-order valence-corrected chi connectivity index (χ3v) is 5.62. The van der Waals surface area contributed by atoms with E-state index in [1.165, 1.54) is 0 Å². The molecule has 2 aromatic heterocycles. The summed E-state index contributed by atoms with van der Waals surface area (Å²) in [5.74, 6) is -2.38. The number of thiazole rings is 2. The molecule has 31 heavy (non-hydrogen) atoms. The molecule has 0 fully saturated rings. The Hall–Kier alpha value is -3.35. The van der Waals surface area contributed by atoms with Gasteiger partial charge in [-0.3, -0.25) is 10.1 Å². The van der Waals surface area contributed by atoms with E-state index in [-0.39, 0.29) is 27.4 Å². The largest absolute Gasteiger partial charge is 0.477 e. The van der Waals surface area contributed by atoms with Crippen molar-refractivity contribution in [3.8, 4) is 0 Å². The normalized spacial score (nSPS) is 10.1. The summed E-state index contributed by atoms with van der Waals surface area (Å²) >= 11 is 1.92. The average molecular weight is 465 g/mol. The van der Waals surface area contributed by atoms with E-state index in [9.17, 15) is 14.4 Å². The molecule has 0 unspecified atom stereocenters. The number of carbonyl (C=O) groups is 3. The summed E-state index contributed by atoms with van der Waals surface area (Å²) in [6.07, 6.45) is 0. The van der Waals surface area contributed by atoms with Crippen molar-refractivity contribution in [2.45, 2.75) is 20.5 Å². The average Bonchev–Trinajstić information content (AvgIpc) is 3.24. The summed E-state index contributed by atoms with van der Waals surface area (Å²) in [7, 11) is 0. The molecule has 1 amide bonds. The molecule has 0 aliphatic heterocycles. The number of carboxylic acid groups (broad SMARTS) is 2. The number of carboxylic acids is 2. The Morgan fingerprint density at radius 3 is 2.06 bits per heavy atom. The molecule has 0 bridgehead atoms. The molecular weight excluding hydrogens is 444 g/mol. The molecule has 0 atom stereocenters. The predicted octanol–water partition coefficient (Wildman–Crippen LogP) is 3.04. The number of anilines is 2. The lowest BCUT2D eigenvalue weighted by Crippen LogP contribution is -2.18. The second kappa shape index (κ2) is 11.2. The Labute approximate surface area is 185 Å². The molecule has 10 nitrogen and oxygen atoms in total. The second-order valence-electron chi connectivity index (χ2n) is 6.04. The minimum atomic E-state index is -1.05. The van der Waals surface area contributed by atoms with Crippen LogP contribution < -0.4 is 11.1 Å². The van der Waals surface area contributed by atoms with Gasteiger partial charge in [0.25, 0.3) is 5.91 Å². The number of aryl methyl sites for hydroxylation is 2. The van der Waals surface area contributed by atoms with Gasteiger partial charge in [0.1, 0.15) is 16.4 Å². The molecule has 0 saturated heterocycles. The number of carbonyl (C=O) groups excluding carboxylic acids is 1. The standard InChI is InChI=1S/C14H14N2O4S.C5H6N2O2S/c1-9-12(13(18)19)21-14(15-9)16-11(17)8-20-7-10-5-3-2-4-6-10;1-2-3(4(8)9)10-5(6)7-2/h2-6H,7-8H2,1H3,(H,18,19)(H,15,16,17);1H3,(H2,6,7)(H,8,9). The van der Waals surface area contributed by atoms with E-state index in [0.717, 1.165) is 28.2 Å². The summed E-state index contributed by atoms with van der Waals surface area (Å²) in [4.78, 5) is 41.0. The van der Waals surface area contributed by atoms with Crippen LogP contribution in [-0.2, 0) is 16.1 Å². The van der Waals surface area contributed by atoms with Crippen LogP contribution in [0.1, 0.15) is 36.3 Å². The smallest absolute Gasteiger partial charge is 0.347 e. The van der Waals surface area contributed by atoms with Crippen molar-refractivity contribution in [2.75, 3.05) is 17.7 Å². The van der Waals surface area contributed by atoms with Gasteiger partial charge in [0.2, 0.25) is 0 Å². The summed E-state index contributed by atoms with van der Waals surface area (Å²) in [5.41, 5.74) is 7.10. The summed E-state index contributed by atoms with van der Waals surface area (Å²) in [5, 5.41) is 20.5. The van der Waals surface area contributed by atoms with E-state index in [0.29, 0.717) is 23.1 Å². The number of nitrogen functional groups attached to an aromatic ring is 1. The van der Waals surface area contributed by atoms with Gasteiger partial charge in [-0.25, -0.2) is 19.6 Å². The monoisotopic (exact) mass is 464 g/mol. The van der Waals surface area contributed by atoms with Crippen LogP contribution in [0.4, 0.5) is 10.3 Å². The fourth-order valence-electron chi connectivity index (χ4n) is 2.26. The Bertz CT molecular complexity index is 1060. The lowest BCUT2D eigenvalue weighted by molar-refractivity contribution is -0.121. The first kappa shape index (κ1) is 23.9. The highest BCUT2D eigenvalue weighted by Crippen LogP contribution is 2.22. The molecule has 3 rings (SSSR count). The first-order chi connectivity index (χ1) is 14.7. The molecular formula is C19H20N4O6S2. The van der Waals surface area contributed by atoms with Crippen LogP contribution >= 0.6 is 22.7 Å². The quantitative estimate of drug-likeness (QED) is 0.411. The number of amides is 1. The van der Waals surface area contributed by atoms with Crippen molar-refractivity contribution in [3.63, 3.8) is 0 Å².